The zero-order valence-corrected chi connectivity index (χ0v) is 10.1. The second-order valence-corrected chi connectivity index (χ2v) is 4.34. The lowest BCUT2D eigenvalue weighted by molar-refractivity contribution is 1.22. The second-order valence-electron chi connectivity index (χ2n) is 3.90. The van der Waals surface area contributed by atoms with Gasteiger partial charge in [-0.2, -0.15) is 9.97 Å². The number of nitrogen functional groups attached to an aromatic ring is 2. The molecule has 3 rings (SSSR count). The van der Waals surface area contributed by atoms with Crippen molar-refractivity contribution in [3.63, 3.8) is 0 Å². The Bertz CT molecular complexity index is 717. The van der Waals surface area contributed by atoms with Gasteiger partial charge < -0.3 is 16.5 Å². The van der Waals surface area contributed by atoms with Crippen LogP contribution in [0, 0.1) is 0 Å². The van der Waals surface area contributed by atoms with Crippen molar-refractivity contribution in [3.05, 3.63) is 35.5 Å². The highest BCUT2D eigenvalue weighted by Crippen LogP contribution is 2.31. The highest BCUT2D eigenvalue weighted by molar-refractivity contribution is 6.30. The van der Waals surface area contributed by atoms with Crippen molar-refractivity contribution in [3.8, 4) is 11.1 Å². The number of hydrogen-bond donors (Lipinski definition) is 3. The molecule has 6 heteroatoms. The number of H-pyrrole nitrogens is 1. The Morgan fingerprint density at radius 3 is 2.50 bits per heavy atom. The summed E-state index contributed by atoms with van der Waals surface area (Å²) < 4.78 is 0. The van der Waals surface area contributed by atoms with Crippen LogP contribution in [0.1, 0.15) is 0 Å². The van der Waals surface area contributed by atoms with E-state index in [0.29, 0.717) is 16.5 Å². The maximum atomic E-state index is 5.89. The average Bonchev–Trinajstić information content (AvgIpc) is 2.74. The molecule has 2 heterocycles. The summed E-state index contributed by atoms with van der Waals surface area (Å²) in [6.07, 6.45) is 1.83. The average molecular weight is 260 g/mol. The molecule has 0 bridgehead atoms. The molecule has 5 nitrogen and oxygen atoms in total. The molecule has 0 unspecified atom stereocenters. The summed E-state index contributed by atoms with van der Waals surface area (Å²) in [6, 6.07) is 7.48. The van der Waals surface area contributed by atoms with E-state index in [-0.39, 0.29) is 5.95 Å². The van der Waals surface area contributed by atoms with E-state index in [0.717, 1.165) is 16.5 Å². The number of anilines is 2. The number of aromatic amines is 1. The molecule has 0 aliphatic rings. The van der Waals surface area contributed by atoms with E-state index in [4.69, 9.17) is 23.1 Å². The van der Waals surface area contributed by atoms with Crippen LogP contribution in [0.3, 0.4) is 0 Å². The monoisotopic (exact) mass is 259 g/mol. The number of benzene rings is 1. The second kappa shape index (κ2) is 3.89. The molecule has 0 amide bonds. The number of fused-ring (bicyclic) bond motifs is 1. The van der Waals surface area contributed by atoms with Gasteiger partial charge in [-0.3, -0.25) is 0 Å². The Labute approximate surface area is 108 Å². The van der Waals surface area contributed by atoms with E-state index in [2.05, 4.69) is 15.0 Å². The summed E-state index contributed by atoms with van der Waals surface area (Å²) in [5, 5.41) is 1.46. The third-order valence-corrected chi connectivity index (χ3v) is 2.98. The van der Waals surface area contributed by atoms with E-state index >= 15 is 0 Å². The highest BCUT2D eigenvalue weighted by atomic mass is 35.5. The molecule has 0 atom stereocenters. The van der Waals surface area contributed by atoms with Gasteiger partial charge in [-0.1, -0.05) is 23.7 Å². The summed E-state index contributed by atoms with van der Waals surface area (Å²) in [4.78, 5) is 11.1. The Hall–Kier alpha value is -2.27. The fourth-order valence-corrected chi connectivity index (χ4v) is 2.06. The molecule has 0 saturated carbocycles. The number of rotatable bonds is 1. The van der Waals surface area contributed by atoms with E-state index in [1.54, 1.807) is 0 Å². The van der Waals surface area contributed by atoms with Gasteiger partial charge in [0.25, 0.3) is 0 Å². The largest absolute Gasteiger partial charge is 0.383 e. The molecule has 0 spiro atoms. The zero-order valence-electron chi connectivity index (χ0n) is 9.31. The minimum absolute atomic E-state index is 0.157. The first kappa shape index (κ1) is 10.9. The van der Waals surface area contributed by atoms with Gasteiger partial charge in [-0.25, -0.2) is 0 Å². The van der Waals surface area contributed by atoms with Crippen LogP contribution < -0.4 is 11.5 Å². The van der Waals surface area contributed by atoms with E-state index in [1.165, 1.54) is 0 Å². The highest BCUT2D eigenvalue weighted by Gasteiger charge is 2.12. The normalized spacial score (nSPS) is 10.9. The number of hydrogen-bond acceptors (Lipinski definition) is 4. The van der Waals surface area contributed by atoms with E-state index < -0.39 is 0 Å². The van der Waals surface area contributed by atoms with Crippen LogP contribution in [0.15, 0.2) is 30.5 Å². The van der Waals surface area contributed by atoms with Crippen molar-refractivity contribution in [2.45, 2.75) is 0 Å². The Kier molecular flexibility index (Phi) is 2.34. The molecular weight excluding hydrogens is 250 g/mol. The van der Waals surface area contributed by atoms with Crippen LogP contribution in [0.2, 0.25) is 5.02 Å². The lowest BCUT2D eigenvalue weighted by atomic mass is 10.1. The molecule has 0 fully saturated rings. The van der Waals surface area contributed by atoms with Crippen molar-refractivity contribution in [2.24, 2.45) is 0 Å². The third-order valence-electron chi connectivity index (χ3n) is 2.73. The minimum atomic E-state index is 0.157. The molecule has 2 aromatic heterocycles. The smallest absolute Gasteiger partial charge is 0.223 e. The molecule has 0 radical (unpaired) electrons. The van der Waals surface area contributed by atoms with Crippen molar-refractivity contribution >= 4 is 34.4 Å². The standard InChI is InChI=1S/C12H10ClN5/c13-7-3-1-6(2-4-7)8-5-16-11-9(8)10(14)17-12(15)18-11/h1-5H,(H5,14,15,16,17,18). The van der Waals surface area contributed by atoms with Gasteiger partial charge in [-0.15, -0.1) is 0 Å². The molecule has 5 N–H and O–H groups in total. The van der Waals surface area contributed by atoms with Crippen LogP contribution in [0.5, 0.6) is 0 Å². The van der Waals surface area contributed by atoms with Crippen molar-refractivity contribution in [1.82, 2.24) is 15.0 Å². The number of nitrogens with zero attached hydrogens (tertiary/aromatic N) is 2. The quantitative estimate of drug-likeness (QED) is 0.626. The fraction of sp³-hybridized carbons (Fsp3) is 0. The summed E-state index contributed by atoms with van der Waals surface area (Å²) in [7, 11) is 0. The van der Waals surface area contributed by atoms with E-state index in [9.17, 15) is 0 Å². The predicted octanol–water partition coefficient (Wildman–Crippen LogP) is 2.44. The van der Waals surface area contributed by atoms with Crippen LogP contribution in [0.25, 0.3) is 22.2 Å². The third kappa shape index (κ3) is 1.65. The first-order chi connectivity index (χ1) is 8.65. The first-order valence-electron chi connectivity index (χ1n) is 5.31. The lowest BCUT2D eigenvalue weighted by Gasteiger charge is -2.02. The Balaban J connectivity index is 2.27. The van der Waals surface area contributed by atoms with Crippen LogP contribution >= 0.6 is 11.6 Å². The predicted molar refractivity (Wildman–Crippen MR) is 73.2 cm³/mol. The van der Waals surface area contributed by atoms with Gasteiger partial charge in [0, 0.05) is 16.8 Å². The number of aromatic nitrogens is 3. The van der Waals surface area contributed by atoms with Gasteiger partial charge in [0.15, 0.2) is 0 Å². The molecule has 0 aliphatic carbocycles. The maximum absolute atomic E-state index is 5.89. The molecule has 1 aromatic carbocycles. The topological polar surface area (TPSA) is 93.6 Å². The van der Waals surface area contributed by atoms with Gasteiger partial charge in [0.1, 0.15) is 11.5 Å². The number of halogens is 1. The maximum Gasteiger partial charge on any atom is 0.223 e. The molecule has 3 aromatic rings. The van der Waals surface area contributed by atoms with E-state index in [1.807, 2.05) is 30.5 Å². The van der Waals surface area contributed by atoms with Crippen molar-refractivity contribution in [1.29, 1.82) is 0 Å². The summed E-state index contributed by atoms with van der Waals surface area (Å²) in [6.45, 7) is 0. The SMILES string of the molecule is Nc1nc(N)c2c(-c3ccc(Cl)cc3)c[nH]c2n1. The summed E-state index contributed by atoms with van der Waals surface area (Å²) in [5.41, 5.74) is 14.0. The number of nitrogens with one attached hydrogen (secondary N) is 1. The van der Waals surface area contributed by atoms with Crippen molar-refractivity contribution in [2.75, 3.05) is 11.5 Å². The van der Waals surface area contributed by atoms with Crippen molar-refractivity contribution < 1.29 is 0 Å². The molecule has 18 heavy (non-hydrogen) atoms. The first-order valence-corrected chi connectivity index (χ1v) is 5.69. The molecular formula is C12H10ClN5. The van der Waals surface area contributed by atoms with Crippen LogP contribution in [-0.2, 0) is 0 Å². The van der Waals surface area contributed by atoms with Gasteiger partial charge >= 0.3 is 0 Å². The van der Waals surface area contributed by atoms with Crippen LogP contribution in [0.4, 0.5) is 11.8 Å². The Morgan fingerprint density at radius 1 is 1.06 bits per heavy atom. The molecule has 0 aliphatic heterocycles. The number of nitrogens with two attached hydrogens (primary N) is 2. The van der Waals surface area contributed by atoms with Gasteiger partial charge in [0.2, 0.25) is 5.95 Å². The summed E-state index contributed by atoms with van der Waals surface area (Å²) >= 11 is 5.87. The zero-order chi connectivity index (χ0) is 12.7. The fourth-order valence-electron chi connectivity index (χ4n) is 1.94. The van der Waals surface area contributed by atoms with Gasteiger partial charge in [-0.05, 0) is 17.7 Å². The Morgan fingerprint density at radius 2 is 1.78 bits per heavy atom. The summed E-state index contributed by atoms with van der Waals surface area (Å²) in [5.74, 6) is 0.521. The van der Waals surface area contributed by atoms with Gasteiger partial charge in [0.05, 0.1) is 5.39 Å². The van der Waals surface area contributed by atoms with Crippen LogP contribution in [-0.4, -0.2) is 15.0 Å². The molecule has 90 valence electrons. The lowest BCUT2D eigenvalue weighted by Crippen LogP contribution is -1.99. The minimum Gasteiger partial charge on any atom is -0.383 e. The molecule has 0 saturated heterocycles.